The monoisotopic (exact) mass is 269 g/mol. The highest BCUT2D eigenvalue weighted by molar-refractivity contribution is 6.30. The van der Waals surface area contributed by atoms with Crippen molar-refractivity contribution in [3.05, 3.63) is 28.8 Å². The van der Waals surface area contributed by atoms with Crippen LogP contribution in [0.15, 0.2) is 18.2 Å². The van der Waals surface area contributed by atoms with E-state index in [2.05, 4.69) is 26.1 Å². The zero-order chi connectivity index (χ0) is 13.4. The van der Waals surface area contributed by atoms with Crippen molar-refractivity contribution in [2.24, 2.45) is 5.92 Å². The molecule has 0 aliphatic rings. The Labute approximate surface area is 116 Å². The first-order chi connectivity index (χ1) is 8.67. The van der Waals surface area contributed by atoms with E-state index in [1.165, 1.54) is 0 Å². The summed E-state index contributed by atoms with van der Waals surface area (Å²) in [4.78, 5) is 0. The second-order valence-corrected chi connectivity index (χ2v) is 5.19. The Morgan fingerprint density at radius 3 is 2.78 bits per heavy atom. The van der Waals surface area contributed by atoms with Gasteiger partial charge in [0.2, 0.25) is 0 Å². The van der Waals surface area contributed by atoms with Crippen LogP contribution in [-0.2, 0) is 6.54 Å². The van der Waals surface area contributed by atoms with Crippen LogP contribution in [0.4, 0.5) is 0 Å². The van der Waals surface area contributed by atoms with E-state index in [-0.39, 0.29) is 0 Å². The van der Waals surface area contributed by atoms with Crippen LogP contribution < -0.4 is 10.1 Å². The third-order valence-electron chi connectivity index (χ3n) is 2.99. The molecule has 0 aliphatic heterocycles. The summed E-state index contributed by atoms with van der Waals surface area (Å²) >= 11 is 6.04. The van der Waals surface area contributed by atoms with Crippen LogP contribution in [0.1, 0.15) is 39.2 Å². The SMILES string of the molecule is CCCNCc1cc(Cl)ccc1OCC(C)CC. The first-order valence-electron chi connectivity index (χ1n) is 6.79. The minimum absolute atomic E-state index is 0.581. The summed E-state index contributed by atoms with van der Waals surface area (Å²) in [5, 5.41) is 4.15. The molecule has 0 spiro atoms. The molecule has 102 valence electrons. The van der Waals surface area contributed by atoms with Gasteiger partial charge in [-0.3, -0.25) is 0 Å². The summed E-state index contributed by atoms with van der Waals surface area (Å²) in [5.74, 6) is 1.53. The molecule has 1 rings (SSSR count). The van der Waals surface area contributed by atoms with Gasteiger partial charge >= 0.3 is 0 Å². The highest BCUT2D eigenvalue weighted by Crippen LogP contribution is 2.23. The zero-order valence-electron chi connectivity index (χ0n) is 11.6. The standard InChI is InChI=1S/C15H24ClNO/c1-4-8-17-10-13-9-14(16)6-7-15(13)18-11-12(3)5-2/h6-7,9,12,17H,4-5,8,10-11H2,1-3H3. The van der Waals surface area contributed by atoms with Gasteiger partial charge in [-0.1, -0.05) is 38.8 Å². The van der Waals surface area contributed by atoms with Gasteiger partial charge in [0.05, 0.1) is 6.61 Å². The molecular formula is C15H24ClNO. The number of ether oxygens (including phenoxy) is 1. The maximum absolute atomic E-state index is 6.04. The Bertz CT molecular complexity index is 354. The van der Waals surface area contributed by atoms with Gasteiger partial charge in [-0.25, -0.2) is 0 Å². The van der Waals surface area contributed by atoms with Gasteiger partial charge in [0, 0.05) is 17.1 Å². The second-order valence-electron chi connectivity index (χ2n) is 4.75. The normalized spacial score (nSPS) is 12.4. The average molecular weight is 270 g/mol. The van der Waals surface area contributed by atoms with E-state index in [1.807, 2.05) is 18.2 Å². The maximum Gasteiger partial charge on any atom is 0.123 e. The molecule has 1 unspecified atom stereocenters. The molecule has 18 heavy (non-hydrogen) atoms. The first-order valence-corrected chi connectivity index (χ1v) is 7.17. The van der Waals surface area contributed by atoms with Gasteiger partial charge in [-0.2, -0.15) is 0 Å². The van der Waals surface area contributed by atoms with Crippen LogP contribution in [0.2, 0.25) is 5.02 Å². The molecule has 0 aliphatic carbocycles. The molecule has 1 atom stereocenters. The van der Waals surface area contributed by atoms with Crippen LogP contribution in [0, 0.1) is 5.92 Å². The van der Waals surface area contributed by atoms with Crippen LogP contribution in [-0.4, -0.2) is 13.2 Å². The molecular weight excluding hydrogens is 246 g/mol. The van der Waals surface area contributed by atoms with Crippen molar-refractivity contribution in [1.82, 2.24) is 5.32 Å². The van der Waals surface area contributed by atoms with Crippen LogP contribution in [0.25, 0.3) is 0 Å². The van der Waals surface area contributed by atoms with E-state index in [0.717, 1.165) is 48.9 Å². The van der Waals surface area contributed by atoms with Gasteiger partial charge in [0.1, 0.15) is 5.75 Å². The Balaban J connectivity index is 2.63. The molecule has 0 saturated heterocycles. The summed E-state index contributed by atoms with van der Waals surface area (Å²) in [6.45, 7) is 9.12. The molecule has 0 saturated carbocycles. The van der Waals surface area contributed by atoms with Crippen molar-refractivity contribution in [3.8, 4) is 5.75 Å². The molecule has 1 aromatic carbocycles. The third-order valence-corrected chi connectivity index (χ3v) is 3.22. The van der Waals surface area contributed by atoms with E-state index in [4.69, 9.17) is 16.3 Å². The van der Waals surface area contributed by atoms with Crippen molar-refractivity contribution < 1.29 is 4.74 Å². The molecule has 0 aromatic heterocycles. The smallest absolute Gasteiger partial charge is 0.123 e. The summed E-state index contributed by atoms with van der Waals surface area (Å²) in [7, 11) is 0. The van der Waals surface area contributed by atoms with Gasteiger partial charge in [-0.05, 0) is 37.1 Å². The van der Waals surface area contributed by atoms with Crippen molar-refractivity contribution in [3.63, 3.8) is 0 Å². The fraction of sp³-hybridized carbons (Fsp3) is 0.600. The molecule has 0 bridgehead atoms. The van der Waals surface area contributed by atoms with Crippen molar-refractivity contribution in [2.45, 2.75) is 40.2 Å². The lowest BCUT2D eigenvalue weighted by Crippen LogP contribution is -2.15. The Morgan fingerprint density at radius 1 is 1.33 bits per heavy atom. The van der Waals surface area contributed by atoms with E-state index < -0.39 is 0 Å². The predicted octanol–water partition coefficient (Wildman–Crippen LogP) is 4.26. The van der Waals surface area contributed by atoms with Crippen molar-refractivity contribution in [1.29, 1.82) is 0 Å². The topological polar surface area (TPSA) is 21.3 Å². The summed E-state index contributed by atoms with van der Waals surface area (Å²) < 4.78 is 5.88. The third kappa shape index (κ3) is 5.28. The van der Waals surface area contributed by atoms with E-state index in [1.54, 1.807) is 0 Å². The predicted molar refractivity (Wildman–Crippen MR) is 78.4 cm³/mol. The molecule has 1 N–H and O–H groups in total. The number of hydrogen-bond acceptors (Lipinski definition) is 2. The van der Waals surface area contributed by atoms with Crippen molar-refractivity contribution >= 4 is 11.6 Å². The van der Waals surface area contributed by atoms with E-state index in [9.17, 15) is 0 Å². The largest absolute Gasteiger partial charge is 0.493 e. The molecule has 0 amide bonds. The minimum atomic E-state index is 0.581. The van der Waals surface area contributed by atoms with E-state index >= 15 is 0 Å². The molecule has 2 nitrogen and oxygen atoms in total. The lowest BCUT2D eigenvalue weighted by molar-refractivity contribution is 0.254. The number of nitrogens with one attached hydrogen (secondary N) is 1. The van der Waals surface area contributed by atoms with Gasteiger partial charge in [-0.15, -0.1) is 0 Å². The minimum Gasteiger partial charge on any atom is -0.493 e. The summed E-state index contributed by atoms with van der Waals surface area (Å²) in [5.41, 5.74) is 1.14. The quantitative estimate of drug-likeness (QED) is 0.712. The maximum atomic E-state index is 6.04. The average Bonchev–Trinajstić information content (AvgIpc) is 2.37. The number of rotatable bonds is 8. The van der Waals surface area contributed by atoms with Crippen LogP contribution >= 0.6 is 11.6 Å². The number of hydrogen-bond donors (Lipinski definition) is 1. The number of benzene rings is 1. The van der Waals surface area contributed by atoms with Gasteiger partial charge in [0.15, 0.2) is 0 Å². The molecule has 1 aromatic rings. The molecule has 0 fully saturated rings. The zero-order valence-corrected chi connectivity index (χ0v) is 12.4. The number of halogens is 1. The van der Waals surface area contributed by atoms with E-state index in [0.29, 0.717) is 5.92 Å². The van der Waals surface area contributed by atoms with Crippen LogP contribution in [0.3, 0.4) is 0 Å². The summed E-state index contributed by atoms with van der Waals surface area (Å²) in [6.07, 6.45) is 2.26. The Hall–Kier alpha value is -0.730. The molecule has 0 radical (unpaired) electrons. The summed E-state index contributed by atoms with van der Waals surface area (Å²) in [6, 6.07) is 5.83. The first kappa shape index (κ1) is 15.3. The Morgan fingerprint density at radius 2 is 2.11 bits per heavy atom. The lowest BCUT2D eigenvalue weighted by atomic mass is 10.1. The van der Waals surface area contributed by atoms with Crippen LogP contribution in [0.5, 0.6) is 5.75 Å². The lowest BCUT2D eigenvalue weighted by Gasteiger charge is -2.15. The fourth-order valence-corrected chi connectivity index (χ4v) is 1.77. The highest BCUT2D eigenvalue weighted by Gasteiger charge is 2.06. The molecule has 0 heterocycles. The Kier molecular flexibility index (Phi) is 7.14. The highest BCUT2D eigenvalue weighted by atomic mass is 35.5. The second kappa shape index (κ2) is 8.39. The fourth-order valence-electron chi connectivity index (χ4n) is 1.58. The molecule has 3 heteroatoms. The van der Waals surface area contributed by atoms with Crippen molar-refractivity contribution in [2.75, 3.05) is 13.2 Å². The van der Waals surface area contributed by atoms with Gasteiger partial charge in [0.25, 0.3) is 0 Å². The van der Waals surface area contributed by atoms with Gasteiger partial charge < -0.3 is 10.1 Å².